The zero-order chi connectivity index (χ0) is 15.0. The van der Waals surface area contributed by atoms with Crippen LogP contribution in [0.4, 0.5) is 0 Å². The Labute approximate surface area is 119 Å². The van der Waals surface area contributed by atoms with E-state index in [0.29, 0.717) is 11.0 Å². The van der Waals surface area contributed by atoms with Gasteiger partial charge in [0.25, 0.3) is 5.56 Å². The van der Waals surface area contributed by atoms with Crippen molar-refractivity contribution in [3.63, 3.8) is 0 Å². The number of carboxylic acid groups (broad SMARTS) is 1. The third-order valence-electron chi connectivity index (χ3n) is 3.11. The number of nitrogens with zero attached hydrogens (tertiary/aromatic N) is 4. The maximum atomic E-state index is 12.2. The Kier molecular flexibility index (Phi) is 3.02. The molecule has 3 rings (SSSR count). The second-order valence-corrected chi connectivity index (χ2v) is 4.72. The van der Waals surface area contributed by atoms with E-state index in [4.69, 9.17) is 5.11 Å². The number of aryl methyl sites for hydroxylation is 1. The first-order valence-electron chi connectivity index (χ1n) is 6.28. The van der Waals surface area contributed by atoms with Crippen molar-refractivity contribution in [3.05, 3.63) is 52.7 Å². The number of carbonyl (C=O) groups is 1. The number of aliphatic carboxylic acids is 1. The lowest BCUT2D eigenvalue weighted by molar-refractivity contribution is -0.137. The van der Waals surface area contributed by atoms with Crippen molar-refractivity contribution in [1.82, 2.24) is 19.3 Å². The van der Waals surface area contributed by atoms with Gasteiger partial charge in [0.15, 0.2) is 5.65 Å². The zero-order valence-corrected chi connectivity index (χ0v) is 11.2. The Bertz CT molecular complexity index is 877. The molecule has 0 saturated carbocycles. The largest absolute Gasteiger partial charge is 0.480 e. The lowest BCUT2D eigenvalue weighted by Crippen LogP contribution is -2.23. The Morgan fingerprint density at radius 1 is 1.29 bits per heavy atom. The van der Waals surface area contributed by atoms with Gasteiger partial charge in [0.05, 0.1) is 5.69 Å². The summed E-state index contributed by atoms with van der Waals surface area (Å²) in [5.41, 5.74) is 1.81. The third kappa shape index (κ3) is 2.40. The van der Waals surface area contributed by atoms with E-state index in [9.17, 15) is 9.59 Å². The van der Waals surface area contributed by atoms with E-state index in [1.54, 1.807) is 10.9 Å². The van der Waals surface area contributed by atoms with Gasteiger partial charge in [0.2, 0.25) is 0 Å². The highest BCUT2D eigenvalue weighted by molar-refractivity contribution is 5.74. The molecule has 7 heteroatoms. The van der Waals surface area contributed by atoms with Gasteiger partial charge in [-0.3, -0.25) is 14.2 Å². The molecule has 106 valence electrons. The summed E-state index contributed by atoms with van der Waals surface area (Å²) in [6.07, 6.45) is 2.76. The molecule has 0 bridgehead atoms. The summed E-state index contributed by atoms with van der Waals surface area (Å²) in [5.74, 6) is -1.09. The zero-order valence-electron chi connectivity index (χ0n) is 11.2. The second-order valence-electron chi connectivity index (χ2n) is 4.72. The van der Waals surface area contributed by atoms with Crippen LogP contribution in [-0.4, -0.2) is 30.4 Å². The average Bonchev–Trinajstić information content (AvgIpc) is 2.87. The topological polar surface area (TPSA) is 90.0 Å². The highest BCUT2D eigenvalue weighted by Crippen LogP contribution is 2.12. The SMILES string of the molecule is Cc1ccc(-n2cc3c(=O)n(CC(=O)O)cnc3n2)cc1. The number of benzene rings is 1. The molecule has 0 aliphatic rings. The molecule has 0 fully saturated rings. The van der Waals surface area contributed by atoms with Gasteiger partial charge in [0, 0.05) is 6.20 Å². The number of aromatic nitrogens is 4. The summed E-state index contributed by atoms with van der Waals surface area (Å²) in [7, 11) is 0. The van der Waals surface area contributed by atoms with Gasteiger partial charge in [-0.15, -0.1) is 5.10 Å². The molecule has 0 amide bonds. The van der Waals surface area contributed by atoms with Gasteiger partial charge >= 0.3 is 5.97 Å². The number of carboxylic acids is 1. The van der Waals surface area contributed by atoms with E-state index >= 15 is 0 Å². The van der Waals surface area contributed by atoms with Crippen LogP contribution in [0.25, 0.3) is 16.7 Å². The van der Waals surface area contributed by atoms with Gasteiger partial charge in [-0.25, -0.2) is 9.67 Å². The predicted octanol–water partition coefficient (Wildman–Crippen LogP) is 0.975. The first-order valence-corrected chi connectivity index (χ1v) is 6.28. The van der Waals surface area contributed by atoms with Crippen molar-refractivity contribution in [3.8, 4) is 5.69 Å². The van der Waals surface area contributed by atoms with Gasteiger partial charge in [0.1, 0.15) is 18.3 Å². The second kappa shape index (κ2) is 4.86. The van der Waals surface area contributed by atoms with Crippen LogP contribution in [0.5, 0.6) is 0 Å². The van der Waals surface area contributed by atoms with Crippen LogP contribution in [0, 0.1) is 6.92 Å². The predicted molar refractivity (Wildman–Crippen MR) is 75.5 cm³/mol. The van der Waals surface area contributed by atoms with E-state index in [-0.39, 0.29) is 0 Å². The molecular formula is C14H12N4O3. The number of hydrogen-bond donors (Lipinski definition) is 1. The summed E-state index contributed by atoms with van der Waals surface area (Å²) in [4.78, 5) is 26.9. The molecule has 7 nitrogen and oxygen atoms in total. The summed E-state index contributed by atoms with van der Waals surface area (Å²) in [5, 5.41) is 13.3. The quantitative estimate of drug-likeness (QED) is 0.774. The van der Waals surface area contributed by atoms with E-state index < -0.39 is 18.1 Å². The van der Waals surface area contributed by atoms with Crippen LogP contribution in [0.1, 0.15) is 5.56 Å². The average molecular weight is 284 g/mol. The molecule has 0 radical (unpaired) electrons. The summed E-state index contributed by atoms with van der Waals surface area (Å²) in [6.45, 7) is 1.56. The van der Waals surface area contributed by atoms with Crippen molar-refractivity contribution < 1.29 is 9.90 Å². The highest BCUT2D eigenvalue weighted by Gasteiger charge is 2.11. The smallest absolute Gasteiger partial charge is 0.323 e. The van der Waals surface area contributed by atoms with Crippen molar-refractivity contribution in [1.29, 1.82) is 0 Å². The van der Waals surface area contributed by atoms with Crippen molar-refractivity contribution in [2.75, 3.05) is 0 Å². The minimum Gasteiger partial charge on any atom is -0.480 e. The molecule has 0 atom stereocenters. The normalized spacial score (nSPS) is 10.9. The minimum atomic E-state index is -1.09. The van der Waals surface area contributed by atoms with Gasteiger partial charge < -0.3 is 5.11 Å². The van der Waals surface area contributed by atoms with E-state index in [0.717, 1.165) is 15.8 Å². The maximum absolute atomic E-state index is 12.2. The van der Waals surface area contributed by atoms with Gasteiger partial charge in [-0.2, -0.15) is 0 Å². The molecular weight excluding hydrogens is 272 g/mol. The van der Waals surface area contributed by atoms with Crippen LogP contribution in [0.2, 0.25) is 0 Å². The van der Waals surface area contributed by atoms with Crippen LogP contribution in [-0.2, 0) is 11.3 Å². The fraction of sp³-hybridized carbons (Fsp3) is 0.143. The fourth-order valence-electron chi connectivity index (χ4n) is 2.03. The number of hydrogen-bond acceptors (Lipinski definition) is 4. The van der Waals surface area contributed by atoms with Crippen molar-refractivity contribution in [2.24, 2.45) is 0 Å². The van der Waals surface area contributed by atoms with Crippen molar-refractivity contribution >= 4 is 17.0 Å². The molecule has 0 saturated heterocycles. The molecule has 0 aliphatic carbocycles. The molecule has 0 unspecified atom stereocenters. The summed E-state index contributed by atoms with van der Waals surface area (Å²) in [6, 6.07) is 7.66. The highest BCUT2D eigenvalue weighted by atomic mass is 16.4. The molecule has 2 aromatic heterocycles. The van der Waals surface area contributed by atoms with Gasteiger partial charge in [-0.1, -0.05) is 17.7 Å². The standard InChI is InChI=1S/C14H12N4O3/c1-9-2-4-10(5-3-9)18-6-11-13(16-18)15-8-17(14(11)21)7-12(19)20/h2-6,8H,7H2,1H3,(H,19,20). The monoisotopic (exact) mass is 284 g/mol. The third-order valence-corrected chi connectivity index (χ3v) is 3.11. The van der Waals surface area contributed by atoms with Gasteiger partial charge in [-0.05, 0) is 19.1 Å². The van der Waals surface area contributed by atoms with E-state index in [1.807, 2.05) is 31.2 Å². The molecule has 0 aliphatic heterocycles. The molecule has 1 aromatic carbocycles. The van der Waals surface area contributed by atoms with E-state index in [2.05, 4.69) is 10.1 Å². The Morgan fingerprint density at radius 3 is 2.67 bits per heavy atom. The number of rotatable bonds is 3. The molecule has 0 spiro atoms. The first kappa shape index (κ1) is 13.0. The molecule has 21 heavy (non-hydrogen) atoms. The fourth-order valence-corrected chi connectivity index (χ4v) is 2.03. The minimum absolute atomic E-state index is 0.291. The Morgan fingerprint density at radius 2 is 2.00 bits per heavy atom. The summed E-state index contributed by atoms with van der Waals surface area (Å²) < 4.78 is 2.61. The lowest BCUT2D eigenvalue weighted by Gasteiger charge is -2.00. The number of fused-ring (bicyclic) bond motifs is 1. The Hall–Kier alpha value is -2.96. The molecule has 3 aromatic rings. The van der Waals surface area contributed by atoms with Crippen LogP contribution in [0.15, 0.2) is 41.6 Å². The van der Waals surface area contributed by atoms with Crippen LogP contribution >= 0.6 is 0 Å². The van der Waals surface area contributed by atoms with Crippen LogP contribution in [0.3, 0.4) is 0 Å². The Balaban J connectivity index is 2.12. The summed E-state index contributed by atoms with van der Waals surface area (Å²) >= 11 is 0. The van der Waals surface area contributed by atoms with Crippen molar-refractivity contribution in [2.45, 2.75) is 13.5 Å². The lowest BCUT2D eigenvalue weighted by atomic mass is 10.2. The molecule has 1 N–H and O–H groups in total. The molecule has 2 heterocycles. The maximum Gasteiger partial charge on any atom is 0.323 e. The first-order chi connectivity index (χ1) is 10.0. The van der Waals surface area contributed by atoms with Crippen LogP contribution < -0.4 is 5.56 Å². The van der Waals surface area contributed by atoms with E-state index in [1.165, 1.54) is 6.33 Å².